The van der Waals surface area contributed by atoms with E-state index in [1.807, 2.05) is 0 Å². The second-order valence-electron chi connectivity index (χ2n) is 3.09. The van der Waals surface area contributed by atoms with Gasteiger partial charge in [-0.3, -0.25) is 0 Å². The third-order valence-electron chi connectivity index (χ3n) is 1.88. The minimum Gasteiger partial charge on any atom is -0.463 e. The van der Waals surface area contributed by atoms with E-state index in [9.17, 15) is 13.6 Å². The topological polar surface area (TPSA) is 88.0 Å². The van der Waals surface area contributed by atoms with Crippen LogP contribution in [0.15, 0.2) is 18.9 Å². The van der Waals surface area contributed by atoms with Crippen LogP contribution < -0.4 is 5.32 Å². The number of carbonyl (C=O) groups excluding carboxylic acids is 1. The Labute approximate surface area is 101 Å². The van der Waals surface area contributed by atoms with Gasteiger partial charge in [0.25, 0.3) is 0 Å². The maximum absolute atomic E-state index is 13.1. The van der Waals surface area contributed by atoms with E-state index in [2.05, 4.69) is 21.3 Å². The lowest BCUT2D eigenvalue weighted by atomic mass is 10.3. The van der Waals surface area contributed by atoms with Gasteiger partial charge in [0, 0.05) is 12.4 Å². The van der Waals surface area contributed by atoms with E-state index < -0.39 is 12.0 Å². The molecule has 0 atom stereocenters. The number of carbonyl (C=O) groups is 1. The normalized spacial score (nSPS) is 10.6. The number of alkyl halides is 2. The first-order chi connectivity index (χ1) is 8.43. The molecule has 0 saturated heterocycles. The zero-order chi connectivity index (χ0) is 13.8. The fourth-order valence-electron chi connectivity index (χ4n) is 0.995. The number of halogens is 2. The Morgan fingerprint density at radius 2 is 2.33 bits per heavy atom. The molecule has 2 N–H and O–H groups in total. The van der Waals surface area contributed by atoms with Crippen molar-refractivity contribution >= 4 is 18.0 Å². The number of esters is 1. The molecule has 0 aliphatic carbocycles. The summed E-state index contributed by atoms with van der Waals surface area (Å²) in [5.74, 6) is -1.60. The van der Waals surface area contributed by atoms with Crippen molar-refractivity contribution in [2.24, 2.45) is 0 Å². The number of ether oxygens (including phenoxy) is 1. The van der Waals surface area contributed by atoms with Gasteiger partial charge in [-0.25, -0.2) is 14.8 Å². The van der Waals surface area contributed by atoms with Gasteiger partial charge >= 0.3 is 12.0 Å². The van der Waals surface area contributed by atoms with Crippen molar-refractivity contribution in [2.45, 2.75) is 6.05 Å². The Bertz CT molecular complexity index is 491. The first-order valence-electron chi connectivity index (χ1n) is 4.69. The monoisotopic (exact) mass is 256 g/mol. The predicted molar refractivity (Wildman–Crippen MR) is 60.0 cm³/mol. The van der Waals surface area contributed by atoms with Gasteiger partial charge in [0.2, 0.25) is 5.82 Å². The van der Waals surface area contributed by atoms with E-state index in [0.717, 1.165) is 19.5 Å². The van der Waals surface area contributed by atoms with E-state index in [4.69, 9.17) is 5.41 Å². The average Bonchev–Trinajstić information content (AvgIpc) is 2.37. The number of rotatable bonds is 5. The van der Waals surface area contributed by atoms with Gasteiger partial charge in [0.1, 0.15) is 5.82 Å². The van der Waals surface area contributed by atoms with Crippen LogP contribution in [0.3, 0.4) is 0 Å². The number of nitrogens with zero attached hydrogens (tertiary/aromatic N) is 2. The largest absolute Gasteiger partial charge is 0.463 e. The molecular weight excluding hydrogens is 246 g/mol. The van der Waals surface area contributed by atoms with Crippen LogP contribution >= 0.6 is 0 Å². The molecule has 1 heterocycles. The zero-order valence-electron chi connectivity index (χ0n) is 9.41. The summed E-state index contributed by atoms with van der Waals surface area (Å²) in [6.45, 7) is 2.95. The van der Waals surface area contributed by atoms with Gasteiger partial charge in [0.05, 0.1) is 12.7 Å². The zero-order valence-corrected chi connectivity index (χ0v) is 9.41. The molecule has 0 fully saturated rings. The SMILES string of the molecule is C=CC(F)(F)Nc1nc(C(=O)OC)ncc1C=N. The van der Waals surface area contributed by atoms with Crippen molar-refractivity contribution in [3.05, 3.63) is 30.2 Å². The Balaban J connectivity index is 3.18. The first kappa shape index (κ1) is 13.7. The lowest BCUT2D eigenvalue weighted by Crippen LogP contribution is -2.26. The van der Waals surface area contributed by atoms with Gasteiger partial charge in [0.15, 0.2) is 0 Å². The quantitative estimate of drug-likeness (QED) is 0.360. The molecule has 0 spiro atoms. The lowest BCUT2D eigenvalue weighted by Gasteiger charge is -2.15. The highest BCUT2D eigenvalue weighted by molar-refractivity contribution is 5.88. The summed E-state index contributed by atoms with van der Waals surface area (Å²) >= 11 is 0. The molecule has 0 amide bonds. The van der Waals surface area contributed by atoms with E-state index in [-0.39, 0.29) is 17.2 Å². The summed E-state index contributed by atoms with van der Waals surface area (Å²) in [4.78, 5) is 18.3. The number of aromatic nitrogens is 2. The molecule has 96 valence electrons. The van der Waals surface area contributed by atoms with Crippen molar-refractivity contribution in [1.29, 1.82) is 5.41 Å². The summed E-state index contributed by atoms with van der Waals surface area (Å²) in [5, 5.41) is 8.79. The van der Waals surface area contributed by atoms with Crippen molar-refractivity contribution in [3.8, 4) is 0 Å². The van der Waals surface area contributed by atoms with Gasteiger partial charge in [-0.15, -0.1) is 0 Å². The Morgan fingerprint density at radius 1 is 1.67 bits per heavy atom. The van der Waals surface area contributed by atoms with Crippen LogP contribution in [0.2, 0.25) is 0 Å². The second kappa shape index (κ2) is 5.30. The third kappa shape index (κ3) is 3.06. The van der Waals surface area contributed by atoms with Gasteiger partial charge in [-0.05, 0) is 6.08 Å². The highest BCUT2D eigenvalue weighted by Gasteiger charge is 2.26. The minimum atomic E-state index is -3.42. The van der Waals surface area contributed by atoms with Crippen molar-refractivity contribution < 1.29 is 18.3 Å². The van der Waals surface area contributed by atoms with Crippen molar-refractivity contribution in [2.75, 3.05) is 12.4 Å². The molecule has 18 heavy (non-hydrogen) atoms. The molecule has 0 aliphatic heterocycles. The summed E-state index contributed by atoms with van der Waals surface area (Å²) in [5.41, 5.74) is 0.00387. The Hall–Kier alpha value is -2.38. The number of hydrogen-bond acceptors (Lipinski definition) is 6. The van der Waals surface area contributed by atoms with Gasteiger partial charge in [-0.2, -0.15) is 8.78 Å². The van der Waals surface area contributed by atoms with Crippen LogP contribution in [0.25, 0.3) is 0 Å². The third-order valence-corrected chi connectivity index (χ3v) is 1.88. The molecule has 0 aliphatic rings. The van der Waals surface area contributed by atoms with Gasteiger partial charge < -0.3 is 15.5 Å². The number of nitrogens with one attached hydrogen (secondary N) is 2. The summed E-state index contributed by atoms with van der Waals surface area (Å²) in [6.07, 6.45) is 2.22. The average molecular weight is 256 g/mol. The van der Waals surface area contributed by atoms with Crippen molar-refractivity contribution in [1.82, 2.24) is 9.97 Å². The van der Waals surface area contributed by atoms with E-state index in [0.29, 0.717) is 6.08 Å². The van der Waals surface area contributed by atoms with Crippen LogP contribution in [0, 0.1) is 5.41 Å². The minimum absolute atomic E-state index is 0.00387. The molecule has 0 aromatic carbocycles. The van der Waals surface area contributed by atoms with Crippen LogP contribution in [-0.2, 0) is 4.74 Å². The van der Waals surface area contributed by atoms with E-state index in [1.54, 1.807) is 5.32 Å². The number of anilines is 1. The van der Waals surface area contributed by atoms with Crippen LogP contribution in [0.4, 0.5) is 14.6 Å². The van der Waals surface area contributed by atoms with Crippen LogP contribution in [0.5, 0.6) is 0 Å². The fraction of sp³-hybridized carbons (Fsp3) is 0.200. The van der Waals surface area contributed by atoms with Crippen LogP contribution in [-0.4, -0.2) is 35.3 Å². The molecule has 1 aromatic heterocycles. The lowest BCUT2D eigenvalue weighted by molar-refractivity contribution is 0.0585. The van der Waals surface area contributed by atoms with E-state index in [1.165, 1.54) is 0 Å². The molecule has 0 bridgehead atoms. The summed E-state index contributed by atoms with van der Waals surface area (Å²) in [6, 6.07) is -3.42. The second-order valence-corrected chi connectivity index (χ2v) is 3.09. The number of methoxy groups -OCH3 is 1. The Kier molecular flexibility index (Phi) is 4.03. The number of hydrogen-bond donors (Lipinski definition) is 2. The first-order valence-corrected chi connectivity index (χ1v) is 4.69. The maximum atomic E-state index is 13.1. The molecule has 6 nitrogen and oxygen atoms in total. The maximum Gasteiger partial charge on any atom is 0.376 e. The van der Waals surface area contributed by atoms with Crippen molar-refractivity contribution in [3.63, 3.8) is 0 Å². The summed E-state index contributed by atoms with van der Waals surface area (Å²) < 4.78 is 30.5. The Morgan fingerprint density at radius 3 is 2.83 bits per heavy atom. The highest BCUT2D eigenvalue weighted by atomic mass is 19.3. The fourth-order valence-corrected chi connectivity index (χ4v) is 0.995. The molecule has 0 unspecified atom stereocenters. The smallest absolute Gasteiger partial charge is 0.376 e. The molecule has 8 heteroatoms. The molecule has 1 rings (SSSR count). The van der Waals surface area contributed by atoms with Crippen LogP contribution in [0.1, 0.15) is 16.2 Å². The molecular formula is C10H10F2N4O2. The molecule has 0 radical (unpaired) electrons. The van der Waals surface area contributed by atoms with Gasteiger partial charge in [-0.1, -0.05) is 6.58 Å². The molecule has 0 saturated carbocycles. The van der Waals surface area contributed by atoms with E-state index >= 15 is 0 Å². The summed E-state index contributed by atoms with van der Waals surface area (Å²) in [7, 11) is 1.11. The highest BCUT2D eigenvalue weighted by Crippen LogP contribution is 2.20. The molecule has 1 aromatic rings. The predicted octanol–water partition coefficient (Wildman–Crippen LogP) is 1.45. The standard InChI is InChI=1S/C10H10F2N4O2/c1-3-10(11,12)16-7-6(4-13)5-14-8(15-7)9(17)18-2/h3-5,13H,1H2,2H3,(H,14,15,16).